The van der Waals surface area contributed by atoms with Crippen molar-refractivity contribution in [2.45, 2.75) is 44.8 Å². The minimum atomic E-state index is -0.862. The lowest BCUT2D eigenvalue weighted by Gasteiger charge is -2.39. The third-order valence-electron chi connectivity index (χ3n) is 5.25. The lowest BCUT2D eigenvalue weighted by atomic mass is 9.84. The molecule has 1 aliphatic heterocycles. The molecule has 3 rings (SSSR count). The number of aryl methyl sites for hydroxylation is 1. The number of nitrogens with zero attached hydrogens (tertiary/aromatic N) is 4. The summed E-state index contributed by atoms with van der Waals surface area (Å²) in [6.45, 7) is 5.28. The number of hydrogen-bond acceptors (Lipinski definition) is 4. The van der Waals surface area contributed by atoms with Crippen LogP contribution < -0.4 is 5.32 Å². The van der Waals surface area contributed by atoms with E-state index in [0.717, 1.165) is 17.8 Å². The minimum Gasteiger partial charge on any atom is -0.385 e. The largest absolute Gasteiger partial charge is 0.385 e. The first-order valence-corrected chi connectivity index (χ1v) is 9.56. The Hall–Kier alpha value is -2.41. The predicted octanol–water partition coefficient (Wildman–Crippen LogP) is 2.60. The fraction of sp³-hybridized carbons (Fsp3) is 0.550. The summed E-state index contributed by atoms with van der Waals surface area (Å²) in [4.78, 5) is 18.9. The Labute approximate surface area is 160 Å². The van der Waals surface area contributed by atoms with Gasteiger partial charge in [0.2, 0.25) is 0 Å². The summed E-state index contributed by atoms with van der Waals surface area (Å²) in [6.07, 6.45) is 3.36. The van der Waals surface area contributed by atoms with E-state index >= 15 is 0 Å². The topological polar surface area (TPSA) is 83.3 Å². The van der Waals surface area contributed by atoms with Gasteiger partial charge in [0.15, 0.2) is 0 Å². The highest BCUT2D eigenvalue weighted by atomic mass is 16.3. The number of hydrogen-bond donors (Lipinski definition) is 2. The number of rotatable bonds is 5. The molecule has 2 amide bonds. The number of benzene rings is 1. The van der Waals surface area contributed by atoms with Crippen LogP contribution in [0.2, 0.25) is 0 Å². The van der Waals surface area contributed by atoms with Crippen LogP contribution in [0.3, 0.4) is 0 Å². The van der Waals surface area contributed by atoms with Crippen LogP contribution in [0, 0.1) is 5.92 Å². The molecule has 146 valence electrons. The van der Waals surface area contributed by atoms with Gasteiger partial charge < -0.3 is 15.3 Å². The van der Waals surface area contributed by atoms with Crippen molar-refractivity contribution in [3.8, 4) is 0 Å². The lowest BCUT2D eigenvalue weighted by Crippen LogP contribution is -2.49. The number of amides is 2. The molecule has 0 aliphatic carbocycles. The molecule has 7 heteroatoms. The molecule has 27 heavy (non-hydrogen) atoms. The third-order valence-corrected chi connectivity index (χ3v) is 5.25. The first-order chi connectivity index (χ1) is 12.9. The summed E-state index contributed by atoms with van der Waals surface area (Å²) < 4.78 is 1.71. The van der Waals surface area contributed by atoms with Crippen LogP contribution >= 0.6 is 0 Å². The van der Waals surface area contributed by atoms with Gasteiger partial charge in [-0.3, -0.25) is 4.68 Å². The molecule has 1 aliphatic rings. The molecule has 0 saturated carbocycles. The maximum absolute atomic E-state index is 12.8. The van der Waals surface area contributed by atoms with Gasteiger partial charge in [-0.25, -0.2) is 9.78 Å². The quantitative estimate of drug-likeness (QED) is 0.846. The van der Waals surface area contributed by atoms with Crippen LogP contribution in [0.25, 0.3) is 0 Å². The van der Waals surface area contributed by atoms with Crippen LogP contribution in [-0.2, 0) is 12.6 Å². The van der Waals surface area contributed by atoms with Crippen molar-refractivity contribution in [1.82, 2.24) is 25.0 Å². The summed E-state index contributed by atoms with van der Waals surface area (Å²) in [6, 6.07) is 9.41. The van der Waals surface area contributed by atoms with Gasteiger partial charge in [-0.1, -0.05) is 44.2 Å². The van der Waals surface area contributed by atoms with Gasteiger partial charge in [0, 0.05) is 20.1 Å². The Morgan fingerprint density at radius 2 is 1.93 bits per heavy atom. The molecule has 0 radical (unpaired) electrons. The number of carbonyl (C=O) groups is 1. The van der Waals surface area contributed by atoms with Crippen molar-refractivity contribution in [3.05, 3.63) is 48.0 Å². The van der Waals surface area contributed by atoms with E-state index in [1.165, 1.54) is 6.33 Å². The van der Waals surface area contributed by atoms with Crippen molar-refractivity contribution >= 4 is 6.03 Å². The Balaban J connectivity index is 1.63. The number of carbonyl (C=O) groups excluding carboxylic acids is 1. The molecular weight excluding hydrogens is 342 g/mol. The molecule has 0 unspecified atom stereocenters. The van der Waals surface area contributed by atoms with E-state index in [1.54, 1.807) is 9.58 Å². The summed E-state index contributed by atoms with van der Waals surface area (Å²) in [7, 11) is 1.84. The zero-order valence-electron chi connectivity index (χ0n) is 16.3. The molecule has 2 heterocycles. The van der Waals surface area contributed by atoms with Crippen molar-refractivity contribution in [2.75, 3.05) is 13.1 Å². The van der Waals surface area contributed by atoms with Crippen LogP contribution in [-0.4, -0.2) is 43.9 Å². The molecule has 2 aromatic rings. The van der Waals surface area contributed by atoms with E-state index in [-0.39, 0.29) is 12.1 Å². The highest BCUT2D eigenvalue weighted by Gasteiger charge is 2.36. The fourth-order valence-electron chi connectivity index (χ4n) is 3.68. The Bertz CT molecular complexity index is 751. The SMILES string of the molecule is CC(C)C[C@H](NC(=O)N1CCC(O)(c2ccccc2)CC1)c1ncnn1C. The normalized spacial score (nSPS) is 17.7. The highest BCUT2D eigenvalue weighted by Crippen LogP contribution is 2.32. The van der Waals surface area contributed by atoms with E-state index in [4.69, 9.17) is 0 Å². The molecule has 1 fully saturated rings. The van der Waals surface area contributed by atoms with Crippen molar-refractivity contribution in [1.29, 1.82) is 0 Å². The first kappa shape index (κ1) is 19.4. The second-order valence-corrected chi connectivity index (χ2v) is 7.76. The fourth-order valence-corrected chi connectivity index (χ4v) is 3.68. The van der Waals surface area contributed by atoms with Crippen LogP contribution in [0.4, 0.5) is 4.79 Å². The van der Waals surface area contributed by atoms with E-state index in [1.807, 2.05) is 37.4 Å². The first-order valence-electron chi connectivity index (χ1n) is 9.56. The molecule has 2 N–H and O–H groups in total. The zero-order chi connectivity index (χ0) is 19.4. The molecule has 0 bridgehead atoms. The van der Waals surface area contributed by atoms with Gasteiger partial charge in [-0.15, -0.1) is 0 Å². The lowest BCUT2D eigenvalue weighted by molar-refractivity contribution is -0.0170. The Morgan fingerprint density at radius 3 is 2.48 bits per heavy atom. The monoisotopic (exact) mass is 371 g/mol. The molecule has 0 spiro atoms. The summed E-state index contributed by atoms with van der Waals surface area (Å²) >= 11 is 0. The number of likely N-dealkylation sites (tertiary alicyclic amines) is 1. The van der Waals surface area contributed by atoms with Crippen LogP contribution in [0.1, 0.15) is 50.5 Å². The maximum atomic E-state index is 12.8. The van der Waals surface area contributed by atoms with Gasteiger partial charge in [0.05, 0.1) is 11.6 Å². The summed E-state index contributed by atoms with van der Waals surface area (Å²) in [5.41, 5.74) is 0.0562. The predicted molar refractivity (Wildman–Crippen MR) is 103 cm³/mol. The van der Waals surface area contributed by atoms with Crippen LogP contribution in [0.15, 0.2) is 36.7 Å². The number of urea groups is 1. The number of aromatic nitrogens is 3. The second kappa shape index (κ2) is 8.08. The van der Waals surface area contributed by atoms with E-state index in [9.17, 15) is 9.90 Å². The molecule has 1 saturated heterocycles. The Kier molecular flexibility index (Phi) is 5.79. The number of nitrogens with one attached hydrogen (secondary N) is 1. The number of aliphatic hydroxyl groups is 1. The molecular formula is C20H29N5O2. The average molecular weight is 371 g/mol. The van der Waals surface area contributed by atoms with Gasteiger partial charge in [-0.2, -0.15) is 5.10 Å². The summed E-state index contributed by atoms with van der Waals surface area (Å²) in [5.74, 6) is 1.17. The standard InChI is InChI=1S/C20H29N5O2/c1-15(2)13-17(18-21-14-22-24(18)3)23-19(26)25-11-9-20(27,10-12-25)16-7-5-4-6-8-16/h4-8,14-15,17,27H,9-13H2,1-3H3,(H,23,26)/t17-/m0/s1. The van der Waals surface area contributed by atoms with E-state index in [2.05, 4.69) is 29.2 Å². The second-order valence-electron chi connectivity index (χ2n) is 7.76. The number of piperidine rings is 1. The van der Waals surface area contributed by atoms with Gasteiger partial charge in [0.25, 0.3) is 0 Å². The van der Waals surface area contributed by atoms with E-state index < -0.39 is 5.60 Å². The molecule has 7 nitrogen and oxygen atoms in total. The van der Waals surface area contributed by atoms with Gasteiger partial charge in [0.1, 0.15) is 12.2 Å². The van der Waals surface area contributed by atoms with Gasteiger partial charge in [-0.05, 0) is 30.7 Å². The van der Waals surface area contributed by atoms with Crippen LogP contribution in [0.5, 0.6) is 0 Å². The van der Waals surface area contributed by atoms with E-state index in [0.29, 0.717) is 31.8 Å². The molecule has 1 aromatic heterocycles. The molecule has 1 aromatic carbocycles. The highest BCUT2D eigenvalue weighted by molar-refractivity contribution is 5.74. The minimum absolute atomic E-state index is 0.112. The van der Waals surface area contributed by atoms with Crippen molar-refractivity contribution in [3.63, 3.8) is 0 Å². The maximum Gasteiger partial charge on any atom is 0.317 e. The van der Waals surface area contributed by atoms with Crippen molar-refractivity contribution < 1.29 is 9.90 Å². The van der Waals surface area contributed by atoms with Crippen molar-refractivity contribution in [2.24, 2.45) is 13.0 Å². The van der Waals surface area contributed by atoms with Gasteiger partial charge >= 0.3 is 6.03 Å². The average Bonchev–Trinajstić information content (AvgIpc) is 3.08. The Morgan fingerprint density at radius 1 is 1.26 bits per heavy atom. The summed E-state index contributed by atoms with van der Waals surface area (Å²) in [5, 5.41) is 18.2. The third kappa shape index (κ3) is 4.47. The smallest absolute Gasteiger partial charge is 0.317 e. The zero-order valence-corrected chi connectivity index (χ0v) is 16.3. The molecule has 1 atom stereocenters.